The average molecular weight is 281 g/mol. The van der Waals surface area contributed by atoms with Gasteiger partial charge >= 0.3 is 0 Å². The Balaban J connectivity index is 2.70. The summed E-state index contributed by atoms with van der Waals surface area (Å²) in [6.07, 6.45) is 3.66. The van der Waals surface area contributed by atoms with Crippen LogP contribution in [-0.4, -0.2) is 15.0 Å². The lowest BCUT2D eigenvalue weighted by Gasteiger charge is -2.24. The molecular formula is C15H23NO2S. The molecule has 1 aromatic carbocycles. The molecule has 0 spiro atoms. The zero-order valence-corrected chi connectivity index (χ0v) is 12.8. The van der Waals surface area contributed by atoms with Gasteiger partial charge in [0.25, 0.3) is 0 Å². The van der Waals surface area contributed by atoms with Crippen LogP contribution in [0.25, 0.3) is 0 Å². The second kappa shape index (κ2) is 6.35. The van der Waals surface area contributed by atoms with Gasteiger partial charge in [0.15, 0.2) is 0 Å². The minimum atomic E-state index is -3.41. The summed E-state index contributed by atoms with van der Waals surface area (Å²) in [5.74, 6) is 0. The van der Waals surface area contributed by atoms with Crippen LogP contribution in [0.2, 0.25) is 0 Å². The molecule has 0 saturated carbocycles. The summed E-state index contributed by atoms with van der Waals surface area (Å²) in [5.41, 5.74) is 0.969. The molecule has 1 rings (SSSR count). The summed E-state index contributed by atoms with van der Waals surface area (Å²) < 4.78 is 26.9. The van der Waals surface area contributed by atoms with Gasteiger partial charge in [0.05, 0.1) is 4.90 Å². The molecule has 0 aliphatic rings. The number of aryl methyl sites for hydroxylation is 1. The fourth-order valence-corrected chi connectivity index (χ4v) is 2.91. The first kappa shape index (κ1) is 15.9. The Kier molecular flexibility index (Phi) is 5.32. The molecule has 0 radical (unpaired) electrons. The molecule has 0 aliphatic heterocycles. The van der Waals surface area contributed by atoms with Crippen LogP contribution in [0.4, 0.5) is 0 Å². The van der Waals surface area contributed by atoms with E-state index in [9.17, 15) is 8.42 Å². The summed E-state index contributed by atoms with van der Waals surface area (Å²) in [5, 5.41) is 0. The van der Waals surface area contributed by atoms with Crippen molar-refractivity contribution >= 4 is 10.0 Å². The Morgan fingerprint density at radius 2 is 1.84 bits per heavy atom. The van der Waals surface area contributed by atoms with E-state index >= 15 is 0 Å². The highest BCUT2D eigenvalue weighted by Gasteiger charge is 2.21. The van der Waals surface area contributed by atoms with Gasteiger partial charge < -0.3 is 0 Å². The van der Waals surface area contributed by atoms with E-state index in [4.69, 9.17) is 0 Å². The lowest BCUT2D eigenvalue weighted by molar-refractivity contribution is 0.337. The van der Waals surface area contributed by atoms with E-state index in [1.807, 2.05) is 26.8 Å². The van der Waals surface area contributed by atoms with E-state index in [0.717, 1.165) is 18.4 Å². The van der Waals surface area contributed by atoms with Crippen LogP contribution in [0.1, 0.15) is 32.3 Å². The third kappa shape index (κ3) is 5.17. The summed E-state index contributed by atoms with van der Waals surface area (Å²) in [6.45, 7) is 10.1. The standard InChI is InChI=1S/C15H23NO2S/c1-5-6-11-15(3,4)12-16-19(17,18)14-9-7-13(2)8-10-14/h5,7-10,16H,1,6,11-12H2,2-4H3. The fraction of sp³-hybridized carbons (Fsp3) is 0.467. The average Bonchev–Trinajstić information content (AvgIpc) is 2.35. The highest BCUT2D eigenvalue weighted by atomic mass is 32.2. The zero-order chi connectivity index (χ0) is 14.5. The number of hydrogen-bond acceptors (Lipinski definition) is 2. The van der Waals surface area contributed by atoms with Gasteiger partial charge in [-0.05, 0) is 37.3 Å². The molecule has 0 saturated heterocycles. The Morgan fingerprint density at radius 1 is 1.26 bits per heavy atom. The zero-order valence-electron chi connectivity index (χ0n) is 11.9. The van der Waals surface area contributed by atoms with Gasteiger partial charge in [0, 0.05) is 6.54 Å². The molecule has 0 atom stereocenters. The molecule has 0 heterocycles. The highest BCUT2D eigenvalue weighted by Crippen LogP contribution is 2.22. The van der Waals surface area contributed by atoms with Gasteiger partial charge in [0.2, 0.25) is 10.0 Å². The summed E-state index contributed by atoms with van der Waals surface area (Å²) in [4.78, 5) is 0.317. The number of benzene rings is 1. The first-order valence-electron chi connectivity index (χ1n) is 6.44. The van der Waals surface area contributed by atoms with E-state index in [1.54, 1.807) is 24.3 Å². The third-order valence-corrected chi connectivity index (χ3v) is 4.51. The van der Waals surface area contributed by atoms with Gasteiger partial charge in [-0.1, -0.05) is 37.6 Å². The van der Waals surface area contributed by atoms with Crippen LogP contribution in [-0.2, 0) is 10.0 Å². The number of allylic oxidation sites excluding steroid dienone is 1. The van der Waals surface area contributed by atoms with Crippen LogP contribution in [0.3, 0.4) is 0 Å². The smallest absolute Gasteiger partial charge is 0.211 e. The Bertz CT molecular complexity index is 516. The lowest BCUT2D eigenvalue weighted by Crippen LogP contribution is -2.34. The van der Waals surface area contributed by atoms with Crippen LogP contribution in [0, 0.1) is 12.3 Å². The van der Waals surface area contributed by atoms with Crippen molar-refractivity contribution in [3.8, 4) is 0 Å². The predicted octanol–water partition coefficient (Wildman–Crippen LogP) is 3.27. The molecule has 0 bridgehead atoms. The van der Waals surface area contributed by atoms with Gasteiger partial charge in [-0.2, -0.15) is 0 Å². The summed E-state index contributed by atoms with van der Waals surface area (Å²) in [6, 6.07) is 6.87. The largest absolute Gasteiger partial charge is 0.240 e. The van der Waals surface area contributed by atoms with Crippen molar-refractivity contribution in [1.82, 2.24) is 4.72 Å². The van der Waals surface area contributed by atoms with Gasteiger partial charge in [-0.3, -0.25) is 0 Å². The molecule has 4 heteroatoms. The first-order valence-corrected chi connectivity index (χ1v) is 7.92. The van der Waals surface area contributed by atoms with Gasteiger partial charge in [-0.15, -0.1) is 6.58 Å². The van der Waals surface area contributed by atoms with Crippen molar-refractivity contribution in [1.29, 1.82) is 0 Å². The van der Waals surface area contributed by atoms with Crippen LogP contribution in [0.5, 0.6) is 0 Å². The molecule has 0 aromatic heterocycles. The van der Waals surface area contributed by atoms with Crippen molar-refractivity contribution in [2.24, 2.45) is 5.41 Å². The Hall–Kier alpha value is -1.13. The van der Waals surface area contributed by atoms with Gasteiger partial charge in [0.1, 0.15) is 0 Å². The molecule has 1 N–H and O–H groups in total. The topological polar surface area (TPSA) is 46.2 Å². The van der Waals surface area contributed by atoms with Crippen molar-refractivity contribution in [2.75, 3.05) is 6.54 Å². The second-order valence-corrected chi connectivity index (χ2v) is 7.40. The second-order valence-electron chi connectivity index (χ2n) is 5.63. The molecule has 0 amide bonds. The molecular weight excluding hydrogens is 258 g/mol. The molecule has 19 heavy (non-hydrogen) atoms. The van der Waals surface area contributed by atoms with Crippen LogP contribution < -0.4 is 4.72 Å². The SMILES string of the molecule is C=CCCC(C)(C)CNS(=O)(=O)c1ccc(C)cc1. The molecule has 106 valence electrons. The van der Waals surface area contributed by atoms with Crippen molar-refractivity contribution in [2.45, 2.75) is 38.5 Å². The van der Waals surface area contributed by atoms with Crippen LogP contribution >= 0.6 is 0 Å². The van der Waals surface area contributed by atoms with Gasteiger partial charge in [-0.25, -0.2) is 13.1 Å². The molecule has 0 fully saturated rings. The maximum absolute atomic E-state index is 12.1. The molecule has 1 aromatic rings. The minimum Gasteiger partial charge on any atom is -0.211 e. The molecule has 0 aliphatic carbocycles. The Labute approximate surface area is 116 Å². The van der Waals surface area contributed by atoms with Crippen molar-refractivity contribution in [3.05, 3.63) is 42.5 Å². The number of rotatable bonds is 7. The quantitative estimate of drug-likeness (QED) is 0.780. The van der Waals surface area contributed by atoms with Crippen molar-refractivity contribution < 1.29 is 8.42 Å². The molecule has 3 nitrogen and oxygen atoms in total. The maximum atomic E-state index is 12.1. The monoisotopic (exact) mass is 281 g/mol. The van der Waals surface area contributed by atoms with Crippen LogP contribution in [0.15, 0.2) is 41.8 Å². The van der Waals surface area contributed by atoms with E-state index in [0.29, 0.717) is 11.4 Å². The highest BCUT2D eigenvalue weighted by molar-refractivity contribution is 7.89. The number of hydrogen-bond donors (Lipinski definition) is 1. The Morgan fingerprint density at radius 3 is 2.37 bits per heavy atom. The van der Waals surface area contributed by atoms with E-state index in [1.165, 1.54) is 0 Å². The fourth-order valence-electron chi connectivity index (χ4n) is 1.67. The first-order chi connectivity index (χ1) is 8.77. The lowest BCUT2D eigenvalue weighted by atomic mass is 9.88. The third-order valence-electron chi connectivity index (χ3n) is 3.10. The number of sulfonamides is 1. The van der Waals surface area contributed by atoms with E-state index in [2.05, 4.69) is 11.3 Å². The maximum Gasteiger partial charge on any atom is 0.240 e. The summed E-state index contributed by atoms with van der Waals surface area (Å²) >= 11 is 0. The molecule has 0 unspecified atom stereocenters. The van der Waals surface area contributed by atoms with E-state index in [-0.39, 0.29) is 5.41 Å². The summed E-state index contributed by atoms with van der Waals surface area (Å²) in [7, 11) is -3.41. The minimum absolute atomic E-state index is 0.0774. The van der Waals surface area contributed by atoms with Crippen molar-refractivity contribution in [3.63, 3.8) is 0 Å². The van der Waals surface area contributed by atoms with E-state index < -0.39 is 10.0 Å². The normalized spacial score (nSPS) is 12.4. The number of nitrogens with one attached hydrogen (secondary N) is 1. The predicted molar refractivity (Wildman–Crippen MR) is 79.6 cm³/mol.